The summed E-state index contributed by atoms with van der Waals surface area (Å²) in [4.78, 5) is 0. The molecule has 0 aliphatic carbocycles. The van der Waals surface area contributed by atoms with Crippen LogP contribution in [0.2, 0.25) is 0 Å². The standard InChI is InChI=1S/C15H14F3NO2/c16-15(17,18)13-4-2-1-3-10(13)8-19-9-11-5-6-12(20)7-14(11)21/h1-7,19-21H,8-9H2. The van der Waals surface area contributed by atoms with Crippen LogP contribution in [0.15, 0.2) is 42.5 Å². The molecule has 0 aliphatic rings. The lowest BCUT2D eigenvalue weighted by Gasteiger charge is -2.13. The third-order valence-corrected chi connectivity index (χ3v) is 3.02. The van der Waals surface area contributed by atoms with Gasteiger partial charge >= 0.3 is 6.18 Å². The van der Waals surface area contributed by atoms with Crippen LogP contribution in [-0.4, -0.2) is 10.2 Å². The van der Waals surface area contributed by atoms with Crippen LogP contribution in [0.5, 0.6) is 11.5 Å². The van der Waals surface area contributed by atoms with Crippen molar-refractivity contribution in [1.82, 2.24) is 5.32 Å². The second kappa shape index (κ2) is 6.05. The van der Waals surface area contributed by atoms with Crippen molar-refractivity contribution in [2.75, 3.05) is 0 Å². The largest absolute Gasteiger partial charge is 0.508 e. The lowest BCUT2D eigenvalue weighted by Crippen LogP contribution is -2.17. The highest BCUT2D eigenvalue weighted by Crippen LogP contribution is 2.31. The van der Waals surface area contributed by atoms with Gasteiger partial charge in [-0.15, -0.1) is 0 Å². The molecule has 0 radical (unpaired) electrons. The average molecular weight is 297 g/mol. The Labute approximate surface area is 119 Å². The molecule has 0 aromatic heterocycles. The molecule has 0 unspecified atom stereocenters. The maximum Gasteiger partial charge on any atom is 0.416 e. The Hall–Kier alpha value is -2.21. The number of hydrogen-bond donors (Lipinski definition) is 3. The Morgan fingerprint density at radius 1 is 0.905 bits per heavy atom. The number of aromatic hydroxyl groups is 2. The number of benzene rings is 2. The van der Waals surface area contributed by atoms with Crippen molar-refractivity contribution in [3.63, 3.8) is 0 Å². The van der Waals surface area contributed by atoms with E-state index in [-0.39, 0.29) is 30.2 Å². The minimum absolute atomic E-state index is 0.0238. The van der Waals surface area contributed by atoms with Crippen LogP contribution >= 0.6 is 0 Å². The van der Waals surface area contributed by atoms with E-state index in [4.69, 9.17) is 5.11 Å². The van der Waals surface area contributed by atoms with Gasteiger partial charge in [0.15, 0.2) is 0 Å². The van der Waals surface area contributed by atoms with Gasteiger partial charge < -0.3 is 15.5 Å². The molecule has 3 N–H and O–H groups in total. The SMILES string of the molecule is Oc1ccc(CNCc2ccccc2C(F)(F)F)c(O)c1. The molecule has 0 atom stereocenters. The Morgan fingerprint density at radius 3 is 2.24 bits per heavy atom. The van der Waals surface area contributed by atoms with E-state index < -0.39 is 11.7 Å². The molecular formula is C15H14F3NO2. The zero-order valence-corrected chi connectivity index (χ0v) is 11.0. The zero-order chi connectivity index (χ0) is 15.5. The van der Waals surface area contributed by atoms with Crippen molar-refractivity contribution in [3.05, 3.63) is 59.2 Å². The van der Waals surface area contributed by atoms with Gasteiger partial charge in [-0.2, -0.15) is 13.2 Å². The molecule has 2 aromatic carbocycles. The highest BCUT2D eigenvalue weighted by Gasteiger charge is 2.32. The highest BCUT2D eigenvalue weighted by atomic mass is 19.4. The number of nitrogens with one attached hydrogen (secondary N) is 1. The average Bonchev–Trinajstić information content (AvgIpc) is 2.41. The van der Waals surface area contributed by atoms with Crippen LogP contribution in [0.4, 0.5) is 13.2 Å². The van der Waals surface area contributed by atoms with Gasteiger partial charge in [-0.25, -0.2) is 0 Å². The monoisotopic (exact) mass is 297 g/mol. The van der Waals surface area contributed by atoms with E-state index in [1.165, 1.54) is 30.3 Å². The summed E-state index contributed by atoms with van der Waals surface area (Å²) in [7, 11) is 0. The topological polar surface area (TPSA) is 52.5 Å². The highest BCUT2D eigenvalue weighted by molar-refractivity contribution is 5.39. The fraction of sp³-hybridized carbons (Fsp3) is 0.200. The molecule has 21 heavy (non-hydrogen) atoms. The first kappa shape index (κ1) is 15.2. The Morgan fingerprint density at radius 2 is 1.57 bits per heavy atom. The van der Waals surface area contributed by atoms with Gasteiger partial charge in [-0.05, 0) is 17.7 Å². The second-order valence-electron chi connectivity index (χ2n) is 4.57. The number of phenols is 2. The van der Waals surface area contributed by atoms with Crippen molar-refractivity contribution in [2.24, 2.45) is 0 Å². The van der Waals surface area contributed by atoms with Gasteiger partial charge in [0.1, 0.15) is 11.5 Å². The van der Waals surface area contributed by atoms with E-state index in [2.05, 4.69) is 5.32 Å². The van der Waals surface area contributed by atoms with Crippen LogP contribution in [0.3, 0.4) is 0 Å². The minimum Gasteiger partial charge on any atom is -0.508 e. The first-order valence-electron chi connectivity index (χ1n) is 6.24. The summed E-state index contributed by atoms with van der Waals surface area (Å²) in [5, 5.41) is 21.6. The molecule has 6 heteroatoms. The fourth-order valence-corrected chi connectivity index (χ4v) is 1.98. The van der Waals surface area contributed by atoms with Crippen molar-refractivity contribution < 1.29 is 23.4 Å². The maximum absolute atomic E-state index is 12.8. The summed E-state index contributed by atoms with van der Waals surface area (Å²) in [5.41, 5.74) is -0.0343. The summed E-state index contributed by atoms with van der Waals surface area (Å²) >= 11 is 0. The van der Waals surface area contributed by atoms with Crippen LogP contribution in [-0.2, 0) is 19.3 Å². The van der Waals surface area contributed by atoms with E-state index in [0.717, 1.165) is 6.07 Å². The quantitative estimate of drug-likeness (QED) is 0.810. The van der Waals surface area contributed by atoms with Crippen molar-refractivity contribution in [2.45, 2.75) is 19.3 Å². The van der Waals surface area contributed by atoms with Crippen molar-refractivity contribution in [3.8, 4) is 11.5 Å². The third kappa shape index (κ3) is 3.88. The Kier molecular flexibility index (Phi) is 4.37. The van der Waals surface area contributed by atoms with E-state index >= 15 is 0 Å². The molecule has 2 rings (SSSR count). The maximum atomic E-state index is 12.8. The molecule has 0 saturated heterocycles. The van der Waals surface area contributed by atoms with E-state index in [1.807, 2.05) is 0 Å². The molecule has 0 aliphatic heterocycles. The molecule has 0 fully saturated rings. The summed E-state index contributed by atoms with van der Waals surface area (Å²) in [6.07, 6.45) is -4.39. The lowest BCUT2D eigenvalue weighted by molar-refractivity contribution is -0.138. The molecule has 0 amide bonds. The summed E-state index contributed by atoms with van der Waals surface area (Å²) in [6, 6.07) is 9.43. The molecule has 0 spiro atoms. The van der Waals surface area contributed by atoms with Gasteiger partial charge in [0.05, 0.1) is 5.56 Å². The van der Waals surface area contributed by atoms with E-state index in [0.29, 0.717) is 5.56 Å². The van der Waals surface area contributed by atoms with Gasteiger partial charge in [0, 0.05) is 24.7 Å². The van der Waals surface area contributed by atoms with E-state index in [9.17, 15) is 18.3 Å². The molecule has 3 nitrogen and oxygen atoms in total. The predicted molar refractivity (Wildman–Crippen MR) is 71.8 cm³/mol. The number of hydrogen-bond acceptors (Lipinski definition) is 3. The molecule has 112 valence electrons. The summed E-state index contributed by atoms with van der Waals surface area (Å²) < 4.78 is 38.4. The third-order valence-electron chi connectivity index (χ3n) is 3.02. The van der Waals surface area contributed by atoms with Crippen LogP contribution in [0.25, 0.3) is 0 Å². The van der Waals surface area contributed by atoms with Crippen molar-refractivity contribution in [1.29, 1.82) is 0 Å². The molecule has 0 saturated carbocycles. The van der Waals surface area contributed by atoms with Crippen LogP contribution in [0.1, 0.15) is 16.7 Å². The molecule has 0 bridgehead atoms. The second-order valence-corrected chi connectivity index (χ2v) is 4.57. The molecule has 2 aromatic rings. The van der Waals surface area contributed by atoms with Crippen LogP contribution < -0.4 is 5.32 Å². The molecule has 0 heterocycles. The number of phenolic OH excluding ortho intramolecular Hbond substituents is 2. The lowest BCUT2D eigenvalue weighted by atomic mass is 10.1. The van der Waals surface area contributed by atoms with Gasteiger partial charge in [0.2, 0.25) is 0 Å². The minimum atomic E-state index is -4.39. The number of halogens is 3. The smallest absolute Gasteiger partial charge is 0.416 e. The number of alkyl halides is 3. The summed E-state index contributed by atoms with van der Waals surface area (Å²) in [6.45, 7) is 0.217. The van der Waals surface area contributed by atoms with Gasteiger partial charge in [-0.1, -0.05) is 24.3 Å². The molecular weight excluding hydrogens is 283 g/mol. The zero-order valence-electron chi connectivity index (χ0n) is 11.0. The van der Waals surface area contributed by atoms with Gasteiger partial charge in [-0.3, -0.25) is 0 Å². The summed E-state index contributed by atoms with van der Waals surface area (Å²) in [5.74, 6) is -0.176. The van der Waals surface area contributed by atoms with Crippen LogP contribution in [0, 0.1) is 0 Å². The first-order valence-corrected chi connectivity index (χ1v) is 6.24. The predicted octanol–water partition coefficient (Wildman–Crippen LogP) is 3.41. The van der Waals surface area contributed by atoms with Crippen molar-refractivity contribution >= 4 is 0 Å². The number of rotatable bonds is 4. The first-order chi connectivity index (χ1) is 9.88. The van der Waals surface area contributed by atoms with E-state index in [1.54, 1.807) is 6.07 Å². The Balaban J connectivity index is 2.04. The fourth-order valence-electron chi connectivity index (χ4n) is 1.98. The Bertz CT molecular complexity index is 627. The van der Waals surface area contributed by atoms with Gasteiger partial charge in [0.25, 0.3) is 0 Å². The normalized spacial score (nSPS) is 11.6.